The summed E-state index contributed by atoms with van der Waals surface area (Å²) in [6.45, 7) is 0.753. The predicted octanol–water partition coefficient (Wildman–Crippen LogP) is 2.98. The number of fused-ring (bicyclic) bond motifs is 1. The Morgan fingerprint density at radius 1 is 1.21 bits per heavy atom. The van der Waals surface area contributed by atoms with Crippen molar-refractivity contribution in [3.8, 4) is 5.75 Å². The number of benzene rings is 2. The van der Waals surface area contributed by atoms with E-state index in [0.29, 0.717) is 11.3 Å². The zero-order valence-electron chi connectivity index (χ0n) is 13.5. The van der Waals surface area contributed by atoms with Crippen molar-refractivity contribution in [2.45, 2.75) is 19.3 Å². The number of rotatable bonds is 4. The molecule has 1 N–H and O–H groups in total. The zero-order valence-corrected chi connectivity index (χ0v) is 13.5. The summed E-state index contributed by atoms with van der Waals surface area (Å²) in [4.78, 5) is 23.8. The quantitative estimate of drug-likeness (QED) is 0.878. The van der Waals surface area contributed by atoms with Gasteiger partial charge in [0, 0.05) is 5.69 Å². The molecule has 0 spiro atoms. The summed E-state index contributed by atoms with van der Waals surface area (Å²) in [6, 6.07) is 12.6. The molecule has 3 rings (SSSR count). The minimum Gasteiger partial charge on any atom is -0.493 e. The van der Waals surface area contributed by atoms with Gasteiger partial charge in [-0.15, -0.1) is 0 Å². The number of carbonyl (C=O) groups is 2. The molecule has 2 aromatic carbocycles. The lowest BCUT2D eigenvalue weighted by molar-refractivity contribution is -0.115. The van der Waals surface area contributed by atoms with E-state index in [1.807, 2.05) is 18.2 Å². The number of ether oxygens (including phenoxy) is 2. The molecule has 2 aromatic rings. The summed E-state index contributed by atoms with van der Waals surface area (Å²) in [5.41, 5.74) is 3.07. The maximum atomic E-state index is 12.2. The maximum Gasteiger partial charge on any atom is 0.337 e. The van der Waals surface area contributed by atoms with Gasteiger partial charge in [0.05, 0.1) is 25.7 Å². The molecule has 1 amide bonds. The third-order valence-corrected chi connectivity index (χ3v) is 3.91. The average molecular weight is 325 g/mol. The predicted molar refractivity (Wildman–Crippen MR) is 90.4 cm³/mol. The van der Waals surface area contributed by atoms with E-state index < -0.39 is 5.97 Å². The highest BCUT2D eigenvalue weighted by Gasteiger charge is 2.13. The van der Waals surface area contributed by atoms with E-state index in [1.54, 1.807) is 24.3 Å². The lowest BCUT2D eigenvalue weighted by Gasteiger charge is -2.17. The first-order valence-electron chi connectivity index (χ1n) is 7.88. The molecule has 24 heavy (non-hydrogen) atoms. The number of nitrogens with one attached hydrogen (secondary N) is 1. The molecule has 0 saturated heterocycles. The molecule has 0 saturated carbocycles. The monoisotopic (exact) mass is 325 g/mol. The molecule has 1 heterocycles. The van der Waals surface area contributed by atoms with Crippen molar-refractivity contribution in [3.63, 3.8) is 0 Å². The van der Waals surface area contributed by atoms with Crippen LogP contribution in [0.2, 0.25) is 0 Å². The first kappa shape index (κ1) is 16.1. The van der Waals surface area contributed by atoms with Gasteiger partial charge in [0.15, 0.2) is 0 Å². The van der Waals surface area contributed by atoms with Gasteiger partial charge in [0.1, 0.15) is 5.75 Å². The van der Waals surface area contributed by atoms with Crippen LogP contribution in [0.1, 0.15) is 27.9 Å². The van der Waals surface area contributed by atoms with E-state index in [1.165, 1.54) is 7.11 Å². The SMILES string of the molecule is COC(=O)c1cccc(NC(=O)Cc2ccc3c(c2)CCCO3)c1. The molecule has 1 aliphatic heterocycles. The number of aryl methyl sites for hydroxylation is 1. The van der Waals surface area contributed by atoms with Gasteiger partial charge >= 0.3 is 5.97 Å². The summed E-state index contributed by atoms with van der Waals surface area (Å²) in [7, 11) is 1.33. The Kier molecular flexibility index (Phi) is 4.79. The Morgan fingerprint density at radius 3 is 2.92 bits per heavy atom. The first-order chi connectivity index (χ1) is 11.7. The van der Waals surface area contributed by atoms with Crippen LogP contribution < -0.4 is 10.1 Å². The third-order valence-electron chi connectivity index (χ3n) is 3.91. The molecule has 0 aliphatic carbocycles. The van der Waals surface area contributed by atoms with Crippen LogP contribution in [0.25, 0.3) is 0 Å². The summed E-state index contributed by atoms with van der Waals surface area (Å²) in [5, 5.41) is 2.81. The van der Waals surface area contributed by atoms with Crippen molar-refractivity contribution in [2.75, 3.05) is 19.0 Å². The molecular formula is C19H19NO4. The van der Waals surface area contributed by atoms with E-state index in [0.717, 1.165) is 36.3 Å². The van der Waals surface area contributed by atoms with Gasteiger partial charge < -0.3 is 14.8 Å². The first-order valence-corrected chi connectivity index (χ1v) is 7.88. The van der Waals surface area contributed by atoms with Crippen LogP contribution in [0.3, 0.4) is 0 Å². The second-order valence-corrected chi connectivity index (χ2v) is 5.69. The highest BCUT2D eigenvalue weighted by Crippen LogP contribution is 2.25. The molecule has 5 nitrogen and oxygen atoms in total. The van der Waals surface area contributed by atoms with Crippen molar-refractivity contribution in [3.05, 3.63) is 59.2 Å². The Hall–Kier alpha value is -2.82. The molecule has 0 fully saturated rings. The van der Waals surface area contributed by atoms with Crippen molar-refractivity contribution in [1.29, 1.82) is 0 Å². The lowest BCUT2D eigenvalue weighted by atomic mass is 10.0. The van der Waals surface area contributed by atoms with Gasteiger partial charge in [-0.05, 0) is 48.2 Å². The Bertz CT molecular complexity index is 770. The zero-order chi connectivity index (χ0) is 16.9. The molecular weight excluding hydrogens is 306 g/mol. The number of esters is 1. The van der Waals surface area contributed by atoms with Crippen LogP contribution in [0.4, 0.5) is 5.69 Å². The molecule has 5 heteroatoms. The topological polar surface area (TPSA) is 64.6 Å². The van der Waals surface area contributed by atoms with Gasteiger partial charge in [-0.1, -0.05) is 18.2 Å². The number of hydrogen-bond donors (Lipinski definition) is 1. The number of anilines is 1. The van der Waals surface area contributed by atoms with Gasteiger partial charge in [-0.3, -0.25) is 4.79 Å². The van der Waals surface area contributed by atoms with Crippen LogP contribution in [-0.2, 0) is 22.4 Å². The number of carbonyl (C=O) groups excluding carboxylic acids is 2. The van der Waals surface area contributed by atoms with Crippen LogP contribution >= 0.6 is 0 Å². The van der Waals surface area contributed by atoms with Gasteiger partial charge in [-0.25, -0.2) is 4.79 Å². The van der Waals surface area contributed by atoms with E-state index in [9.17, 15) is 9.59 Å². The standard InChI is InChI=1S/C19H19NO4/c1-23-19(22)15-4-2-6-16(12-15)20-18(21)11-13-7-8-17-14(10-13)5-3-9-24-17/h2,4,6-8,10,12H,3,5,9,11H2,1H3,(H,20,21). The maximum absolute atomic E-state index is 12.2. The van der Waals surface area contributed by atoms with Crippen molar-refractivity contribution in [1.82, 2.24) is 0 Å². The smallest absolute Gasteiger partial charge is 0.337 e. The third kappa shape index (κ3) is 3.74. The Morgan fingerprint density at radius 2 is 2.08 bits per heavy atom. The van der Waals surface area contributed by atoms with Crippen molar-refractivity contribution < 1.29 is 19.1 Å². The Labute approximate surface area is 140 Å². The van der Waals surface area contributed by atoms with E-state index in [-0.39, 0.29) is 12.3 Å². The molecule has 1 aliphatic rings. The van der Waals surface area contributed by atoms with Crippen LogP contribution in [0, 0.1) is 0 Å². The van der Waals surface area contributed by atoms with Crippen molar-refractivity contribution >= 4 is 17.6 Å². The summed E-state index contributed by atoms with van der Waals surface area (Å²) in [6.07, 6.45) is 2.25. The number of hydrogen-bond acceptors (Lipinski definition) is 4. The molecule has 124 valence electrons. The van der Waals surface area contributed by atoms with Crippen LogP contribution in [0.5, 0.6) is 5.75 Å². The minimum atomic E-state index is -0.430. The molecule has 0 radical (unpaired) electrons. The average Bonchev–Trinajstić information content (AvgIpc) is 2.61. The van der Waals surface area contributed by atoms with E-state index in [4.69, 9.17) is 4.74 Å². The molecule has 0 bridgehead atoms. The highest BCUT2D eigenvalue weighted by molar-refractivity contribution is 5.95. The largest absolute Gasteiger partial charge is 0.493 e. The minimum absolute atomic E-state index is 0.131. The summed E-state index contributed by atoms with van der Waals surface area (Å²) >= 11 is 0. The van der Waals surface area contributed by atoms with Gasteiger partial charge in [0.2, 0.25) is 5.91 Å². The fourth-order valence-corrected chi connectivity index (χ4v) is 2.76. The van der Waals surface area contributed by atoms with Crippen molar-refractivity contribution in [2.24, 2.45) is 0 Å². The fourth-order valence-electron chi connectivity index (χ4n) is 2.76. The van der Waals surface area contributed by atoms with Gasteiger partial charge in [0.25, 0.3) is 0 Å². The van der Waals surface area contributed by atoms with E-state index in [2.05, 4.69) is 10.1 Å². The lowest BCUT2D eigenvalue weighted by Crippen LogP contribution is -2.15. The number of amides is 1. The molecule has 0 unspecified atom stereocenters. The normalized spacial score (nSPS) is 12.7. The van der Waals surface area contributed by atoms with Crippen LogP contribution in [-0.4, -0.2) is 25.6 Å². The highest BCUT2D eigenvalue weighted by atomic mass is 16.5. The van der Waals surface area contributed by atoms with Crippen LogP contribution in [0.15, 0.2) is 42.5 Å². The second-order valence-electron chi connectivity index (χ2n) is 5.69. The fraction of sp³-hybridized carbons (Fsp3) is 0.263. The second kappa shape index (κ2) is 7.17. The summed E-state index contributed by atoms with van der Waals surface area (Å²) < 4.78 is 10.3. The van der Waals surface area contributed by atoms with E-state index >= 15 is 0 Å². The van der Waals surface area contributed by atoms with Gasteiger partial charge in [-0.2, -0.15) is 0 Å². The Balaban J connectivity index is 1.66. The summed E-state index contributed by atoms with van der Waals surface area (Å²) in [5.74, 6) is 0.352. The molecule has 0 aromatic heterocycles. The number of methoxy groups -OCH3 is 1. The molecule has 0 atom stereocenters.